The van der Waals surface area contributed by atoms with E-state index in [9.17, 15) is 4.79 Å². The van der Waals surface area contributed by atoms with Gasteiger partial charge in [-0.15, -0.1) is 0 Å². The third-order valence-corrected chi connectivity index (χ3v) is 6.27. The van der Waals surface area contributed by atoms with Gasteiger partial charge in [-0.05, 0) is 31.6 Å². The van der Waals surface area contributed by atoms with E-state index in [1.165, 1.54) is 12.2 Å². The molecule has 2 saturated heterocycles. The van der Waals surface area contributed by atoms with Crippen LogP contribution in [-0.2, 0) is 24.8 Å². The molecule has 6 nitrogen and oxygen atoms in total. The van der Waals surface area contributed by atoms with Crippen molar-refractivity contribution in [2.75, 3.05) is 32.7 Å². The van der Waals surface area contributed by atoms with Gasteiger partial charge >= 0.3 is 0 Å². The maximum absolute atomic E-state index is 12.8. The fourth-order valence-electron chi connectivity index (χ4n) is 4.78. The molecule has 26 heavy (non-hydrogen) atoms. The number of likely N-dealkylation sites (tertiary alicyclic amines) is 2. The van der Waals surface area contributed by atoms with E-state index >= 15 is 0 Å². The van der Waals surface area contributed by atoms with Crippen molar-refractivity contribution in [1.82, 2.24) is 19.6 Å². The monoisotopic (exact) mass is 360 g/mol. The van der Waals surface area contributed by atoms with Gasteiger partial charge in [-0.25, -0.2) is 0 Å². The molecule has 0 aromatic carbocycles. The van der Waals surface area contributed by atoms with E-state index in [1.54, 1.807) is 0 Å². The fraction of sp³-hybridized carbons (Fsp3) is 0.800. The van der Waals surface area contributed by atoms with Crippen LogP contribution in [0, 0.1) is 5.92 Å². The van der Waals surface area contributed by atoms with E-state index in [-0.39, 0.29) is 11.5 Å². The Kier molecular flexibility index (Phi) is 4.82. The molecular formula is C20H32N4O2. The highest BCUT2D eigenvalue weighted by Gasteiger charge is 2.42. The van der Waals surface area contributed by atoms with Crippen molar-refractivity contribution in [3.63, 3.8) is 0 Å². The molecule has 3 aliphatic heterocycles. The van der Waals surface area contributed by atoms with Gasteiger partial charge in [-0.3, -0.25) is 9.48 Å². The van der Waals surface area contributed by atoms with Gasteiger partial charge in [-0.2, -0.15) is 5.10 Å². The molecule has 4 heterocycles. The summed E-state index contributed by atoms with van der Waals surface area (Å²) in [6.45, 7) is 10.2. The Labute approximate surface area is 156 Å². The zero-order chi connectivity index (χ0) is 18.3. The van der Waals surface area contributed by atoms with Crippen molar-refractivity contribution in [2.45, 2.75) is 58.2 Å². The highest BCUT2D eigenvalue weighted by Crippen LogP contribution is 2.37. The number of piperidine rings is 1. The number of rotatable bonds is 3. The first-order chi connectivity index (χ1) is 12.5. The number of aromatic nitrogens is 2. The zero-order valence-corrected chi connectivity index (χ0v) is 16.5. The smallest absolute Gasteiger partial charge is 0.274 e. The molecule has 1 spiro atoms. The summed E-state index contributed by atoms with van der Waals surface area (Å²) in [5.41, 5.74) is 2.79. The number of aryl methyl sites for hydroxylation is 1. The maximum atomic E-state index is 12.8. The van der Waals surface area contributed by atoms with Crippen molar-refractivity contribution in [1.29, 1.82) is 0 Å². The minimum atomic E-state index is -0.0672. The zero-order valence-electron chi connectivity index (χ0n) is 16.5. The van der Waals surface area contributed by atoms with Gasteiger partial charge in [0.25, 0.3) is 5.91 Å². The first-order valence-corrected chi connectivity index (χ1v) is 10.2. The van der Waals surface area contributed by atoms with E-state index < -0.39 is 0 Å². The minimum absolute atomic E-state index is 0.0672. The summed E-state index contributed by atoms with van der Waals surface area (Å²) < 4.78 is 8.34. The second-order valence-corrected chi connectivity index (χ2v) is 8.74. The van der Waals surface area contributed by atoms with E-state index in [1.807, 2.05) is 16.6 Å². The third kappa shape index (κ3) is 3.29. The average molecular weight is 361 g/mol. The molecule has 0 radical (unpaired) electrons. The summed E-state index contributed by atoms with van der Waals surface area (Å²) in [6, 6.07) is 0. The SMILES string of the molecule is CC(C)CN1CCC2(CC1)Cc1c(c(C(=O)N3CCCC3)nn1C)CO2. The van der Waals surface area contributed by atoms with Crippen LogP contribution in [0.2, 0.25) is 0 Å². The first kappa shape index (κ1) is 18.0. The fourth-order valence-corrected chi connectivity index (χ4v) is 4.78. The predicted octanol–water partition coefficient (Wildman–Crippen LogP) is 2.22. The van der Waals surface area contributed by atoms with Gasteiger partial charge in [0.05, 0.1) is 12.2 Å². The Hall–Kier alpha value is -1.40. The third-order valence-electron chi connectivity index (χ3n) is 6.27. The summed E-state index contributed by atoms with van der Waals surface area (Å²) in [6.07, 6.45) is 5.23. The van der Waals surface area contributed by atoms with Gasteiger partial charge in [-0.1, -0.05) is 13.8 Å². The molecule has 0 N–H and O–H groups in total. The summed E-state index contributed by atoms with van der Waals surface area (Å²) in [5.74, 6) is 0.796. The van der Waals surface area contributed by atoms with Gasteiger partial charge < -0.3 is 14.5 Å². The van der Waals surface area contributed by atoms with Gasteiger partial charge in [0.15, 0.2) is 5.69 Å². The second kappa shape index (κ2) is 6.97. The number of nitrogens with zero attached hydrogens (tertiary/aromatic N) is 4. The minimum Gasteiger partial charge on any atom is -0.370 e. The molecule has 6 heteroatoms. The lowest BCUT2D eigenvalue weighted by Crippen LogP contribution is -2.50. The topological polar surface area (TPSA) is 50.6 Å². The molecule has 1 aromatic heterocycles. The summed E-state index contributed by atoms with van der Waals surface area (Å²) >= 11 is 0. The van der Waals surface area contributed by atoms with Crippen LogP contribution in [0.25, 0.3) is 0 Å². The Morgan fingerprint density at radius 2 is 1.88 bits per heavy atom. The van der Waals surface area contributed by atoms with Crippen LogP contribution in [0.4, 0.5) is 0 Å². The number of fused-ring (bicyclic) bond motifs is 1. The van der Waals surface area contributed by atoms with E-state index in [4.69, 9.17) is 4.74 Å². The summed E-state index contributed by atoms with van der Waals surface area (Å²) in [7, 11) is 1.98. The molecular weight excluding hydrogens is 328 g/mol. The van der Waals surface area contributed by atoms with Crippen molar-refractivity contribution in [2.24, 2.45) is 13.0 Å². The molecule has 4 rings (SSSR count). The lowest BCUT2D eigenvalue weighted by Gasteiger charge is -2.44. The molecule has 0 aliphatic carbocycles. The lowest BCUT2D eigenvalue weighted by molar-refractivity contribution is -0.104. The molecule has 0 bridgehead atoms. The van der Waals surface area contributed by atoms with Crippen LogP contribution < -0.4 is 0 Å². The van der Waals surface area contributed by atoms with Crippen LogP contribution in [0.15, 0.2) is 0 Å². The van der Waals surface area contributed by atoms with Gasteiger partial charge in [0.1, 0.15) is 0 Å². The van der Waals surface area contributed by atoms with Gasteiger partial charge in [0, 0.05) is 57.4 Å². The Bertz CT molecular complexity index is 668. The molecule has 2 fully saturated rings. The molecule has 0 atom stereocenters. The molecule has 144 valence electrons. The van der Waals surface area contributed by atoms with Gasteiger partial charge in [0.2, 0.25) is 0 Å². The second-order valence-electron chi connectivity index (χ2n) is 8.74. The number of ether oxygens (including phenoxy) is 1. The lowest BCUT2D eigenvalue weighted by atomic mass is 9.83. The Morgan fingerprint density at radius 3 is 2.54 bits per heavy atom. The van der Waals surface area contributed by atoms with Crippen LogP contribution in [0.3, 0.4) is 0 Å². The van der Waals surface area contributed by atoms with E-state index in [0.717, 1.165) is 63.8 Å². The standard InChI is InChI=1S/C20H32N4O2/c1-15(2)13-23-10-6-20(7-11-23)12-17-16(14-26-20)18(21-22(17)3)19(25)24-8-4-5-9-24/h15H,4-14H2,1-3H3. The van der Waals surface area contributed by atoms with E-state index in [2.05, 4.69) is 23.8 Å². The molecule has 0 saturated carbocycles. The quantitative estimate of drug-likeness (QED) is 0.829. The molecule has 1 aromatic rings. The molecule has 1 amide bonds. The maximum Gasteiger partial charge on any atom is 0.274 e. The normalized spacial score (nSPS) is 23.0. The number of hydrogen-bond donors (Lipinski definition) is 0. The number of carbonyl (C=O) groups excluding carboxylic acids is 1. The van der Waals surface area contributed by atoms with Crippen LogP contribution in [0.1, 0.15) is 61.3 Å². The van der Waals surface area contributed by atoms with Crippen molar-refractivity contribution >= 4 is 5.91 Å². The van der Waals surface area contributed by atoms with E-state index in [0.29, 0.717) is 18.2 Å². The molecule has 0 unspecified atom stereocenters. The number of hydrogen-bond acceptors (Lipinski definition) is 4. The van der Waals surface area contributed by atoms with Crippen LogP contribution in [0.5, 0.6) is 0 Å². The predicted molar refractivity (Wildman–Crippen MR) is 100 cm³/mol. The Morgan fingerprint density at radius 1 is 1.19 bits per heavy atom. The summed E-state index contributed by atoms with van der Waals surface area (Å²) in [5, 5.41) is 4.60. The first-order valence-electron chi connectivity index (χ1n) is 10.2. The van der Waals surface area contributed by atoms with Crippen molar-refractivity contribution in [3.8, 4) is 0 Å². The van der Waals surface area contributed by atoms with Crippen molar-refractivity contribution < 1.29 is 9.53 Å². The van der Waals surface area contributed by atoms with Crippen molar-refractivity contribution in [3.05, 3.63) is 17.0 Å². The Balaban J connectivity index is 1.49. The largest absolute Gasteiger partial charge is 0.370 e. The highest BCUT2D eigenvalue weighted by atomic mass is 16.5. The number of carbonyl (C=O) groups is 1. The molecule has 3 aliphatic rings. The average Bonchev–Trinajstić information content (AvgIpc) is 3.25. The van der Waals surface area contributed by atoms with Crippen LogP contribution >= 0.6 is 0 Å². The highest BCUT2D eigenvalue weighted by molar-refractivity contribution is 5.94. The summed E-state index contributed by atoms with van der Waals surface area (Å²) in [4.78, 5) is 17.3. The van der Waals surface area contributed by atoms with Crippen LogP contribution in [-0.4, -0.2) is 63.8 Å². The number of amides is 1.